The molecule has 0 aromatic heterocycles. The lowest BCUT2D eigenvalue weighted by Crippen LogP contribution is -2.25. The van der Waals surface area contributed by atoms with Gasteiger partial charge >= 0.3 is 0 Å². The van der Waals surface area contributed by atoms with E-state index in [4.69, 9.17) is 0 Å². The summed E-state index contributed by atoms with van der Waals surface area (Å²) in [4.78, 5) is 0. The Balaban J connectivity index is 3.73. The highest BCUT2D eigenvalue weighted by molar-refractivity contribution is 5.51. The molecule has 0 N–H and O–H groups in total. The molecule has 1 aromatic rings. The van der Waals surface area contributed by atoms with Crippen LogP contribution >= 0.6 is 0 Å². The largest absolute Gasteiger partial charge is 0.197 e. The van der Waals surface area contributed by atoms with Gasteiger partial charge in [-0.3, -0.25) is 0 Å². The number of aryl methyl sites for hydroxylation is 1. The smallest absolute Gasteiger partial charge is 0.0772 e. The summed E-state index contributed by atoms with van der Waals surface area (Å²) in [6, 6.07) is 8.70. The minimum Gasteiger partial charge on any atom is -0.197 e. The normalized spacial score (nSPS) is 11.8. The van der Waals surface area contributed by atoms with Crippen LogP contribution in [0.4, 0.5) is 0 Å². The number of hydrogen-bond donors (Lipinski definition) is 0. The summed E-state index contributed by atoms with van der Waals surface area (Å²) in [6.45, 7) is 11.7. The molecule has 0 amide bonds. The van der Waals surface area contributed by atoms with Crippen molar-refractivity contribution in [2.75, 3.05) is 0 Å². The molecule has 0 saturated heterocycles. The first-order valence-electron chi connectivity index (χ1n) is 6.11. The number of hydrogen-bond acceptors (Lipinski definition) is 2. The van der Waals surface area contributed by atoms with E-state index >= 15 is 0 Å². The van der Waals surface area contributed by atoms with Crippen LogP contribution in [0.2, 0.25) is 0 Å². The standard InChI is InChI=1S/C16H20N2/c1-11-7-8-13(15(3,4)9-17)14(12(11)2)16(5,6)10-18/h7-8H,1-6H3. The van der Waals surface area contributed by atoms with Crippen LogP contribution in [0.3, 0.4) is 0 Å². The van der Waals surface area contributed by atoms with Gasteiger partial charge in [-0.15, -0.1) is 0 Å². The Morgan fingerprint density at radius 2 is 1.39 bits per heavy atom. The molecule has 0 aliphatic heterocycles. The van der Waals surface area contributed by atoms with Crippen LogP contribution in [0, 0.1) is 36.5 Å². The zero-order valence-electron chi connectivity index (χ0n) is 12.0. The molecule has 0 aliphatic carbocycles. The van der Waals surface area contributed by atoms with Crippen molar-refractivity contribution < 1.29 is 0 Å². The van der Waals surface area contributed by atoms with Crippen LogP contribution in [0.1, 0.15) is 49.9 Å². The lowest BCUT2D eigenvalue weighted by molar-refractivity contribution is 0.616. The highest BCUT2D eigenvalue weighted by Gasteiger charge is 2.32. The fraction of sp³-hybridized carbons (Fsp3) is 0.500. The monoisotopic (exact) mass is 240 g/mol. The number of nitriles is 2. The first kappa shape index (κ1) is 14.3. The van der Waals surface area contributed by atoms with Crippen molar-refractivity contribution in [1.29, 1.82) is 10.5 Å². The Kier molecular flexibility index (Phi) is 3.54. The lowest BCUT2D eigenvalue weighted by Gasteiger charge is -2.29. The van der Waals surface area contributed by atoms with E-state index in [1.165, 1.54) is 0 Å². The summed E-state index contributed by atoms with van der Waals surface area (Å²) in [5.41, 5.74) is 3.06. The van der Waals surface area contributed by atoms with Gasteiger partial charge in [-0.1, -0.05) is 12.1 Å². The quantitative estimate of drug-likeness (QED) is 0.787. The van der Waals surface area contributed by atoms with Gasteiger partial charge in [0.05, 0.1) is 23.0 Å². The zero-order chi connectivity index (χ0) is 14.1. The maximum Gasteiger partial charge on any atom is 0.0772 e. The Bertz CT molecular complexity index is 552. The molecule has 0 bridgehead atoms. The van der Waals surface area contributed by atoms with Crippen molar-refractivity contribution >= 4 is 0 Å². The zero-order valence-corrected chi connectivity index (χ0v) is 12.0. The van der Waals surface area contributed by atoms with Crippen molar-refractivity contribution in [3.05, 3.63) is 34.4 Å². The van der Waals surface area contributed by atoms with Crippen LogP contribution in [0.25, 0.3) is 0 Å². The molecule has 18 heavy (non-hydrogen) atoms. The van der Waals surface area contributed by atoms with Crippen LogP contribution in [0.15, 0.2) is 12.1 Å². The summed E-state index contributed by atoms with van der Waals surface area (Å²) in [5, 5.41) is 18.7. The second-order valence-corrected chi connectivity index (χ2v) is 5.90. The first-order valence-corrected chi connectivity index (χ1v) is 6.11. The molecule has 1 aromatic carbocycles. The minimum absolute atomic E-state index is 0.581. The fourth-order valence-electron chi connectivity index (χ4n) is 2.26. The van der Waals surface area contributed by atoms with Gasteiger partial charge in [-0.2, -0.15) is 10.5 Å². The molecule has 2 nitrogen and oxygen atoms in total. The Morgan fingerprint density at radius 3 is 1.83 bits per heavy atom. The SMILES string of the molecule is Cc1ccc(C(C)(C)C#N)c(C(C)(C)C#N)c1C. The first-order chi connectivity index (χ1) is 8.17. The van der Waals surface area contributed by atoms with Crippen LogP contribution in [-0.4, -0.2) is 0 Å². The Morgan fingerprint density at radius 1 is 0.889 bits per heavy atom. The van der Waals surface area contributed by atoms with E-state index in [0.29, 0.717) is 0 Å². The molecule has 0 saturated carbocycles. The van der Waals surface area contributed by atoms with E-state index in [1.807, 2.05) is 53.7 Å². The van der Waals surface area contributed by atoms with Gasteiger partial charge in [0.2, 0.25) is 0 Å². The Hall–Kier alpha value is -1.80. The van der Waals surface area contributed by atoms with E-state index in [1.54, 1.807) is 0 Å². The summed E-state index contributed by atoms with van der Waals surface area (Å²) in [7, 11) is 0. The van der Waals surface area contributed by atoms with E-state index < -0.39 is 10.8 Å². The van der Waals surface area contributed by atoms with Gasteiger partial charge in [0.25, 0.3) is 0 Å². The van der Waals surface area contributed by atoms with Gasteiger partial charge in [-0.05, 0) is 63.8 Å². The van der Waals surface area contributed by atoms with Gasteiger partial charge in [0.1, 0.15) is 0 Å². The second-order valence-electron chi connectivity index (χ2n) is 5.90. The van der Waals surface area contributed by atoms with E-state index in [9.17, 15) is 10.5 Å². The summed E-state index contributed by atoms with van der Waals surface area (Å²) in [6.07, 6.45) is 0. The maximum absolute atomic E-state index is 9.39. The second kappa shape index (κ2) is 4.46. The topological polar surface area (TPSA) is 47.6 Å². The van der Waals surface area contributed by atoms with Crippen molar-refractivity contribution in [2.24, 2.45) is 0 Å². The maximum atomic E-state index is 9.39. The average Bonchev–Trinajstić information content (AvgIpc) is 2.31. The molecule has 1 rings (SSSR count). The molecule has 0 aliphatic rings. The molecule has 2 heteroatoms. The molecule has 0 radical (unpaired) electrons. The third kappa shape index (κ3) is 2.24. The van der Waals surface area contributed by atoms with E-state index in [2.05, 4.69) is 12.1 Å². The molecule has 0 spiro atoms. The predicted molar refractivity (Wildman–Crippen MR) is 73.2 cm³/mol. The van der Waals surface area contributed by atoms with Gasteiger partial charge in [0, 0.05) is 0 Å². The molecular weight excluding hydrogens is 220 g/mol. The molecule has 0 fully saturated rings. The van der Waals surface area contributed by atoms with Crippen molar-refractivity contribution in [3.8, 4) is 12.1 Å². The number of nitrogens with zero attached hydrogens (tertiary/aromatic N) is 2. The Labute approximate surface area is 110 Å². The number of benzene rings is 1. The summed E-state index contributed by atoms with van der Waals surface area (Å²) < 4.78 is 0. The summed E-state index contributed by atoms with van der Waals surface area (Å²) >= 11 is 0. The van der Waals surface area contributed by atoms with Crippen LogP contribution in [0.5, 0.6) is 0 Å². The highest BCUT2D eigenvalue weighted by atomic mass is 14.4. The van der Waals surface area contributed by atoms with Crippen molar-refractivity contribution in [2.45, 2.75) is 52.4 Å². The van der Waals surface area contributed by atoms with Crippen LogP contribution in [-0.2, 0) is 10.8 Å². The summed E-state index contributed by atoms with van der Waals surface area (Å²) in [5.74, 6) is 0. The molecule has 0 atom stereocenters. The minimum atomic E-state index is -0.584. The third-order valence-electron chi connectivity index (χ3n) is 3.59. The highest BCUT2D eigenvalue weighted by Crippen LogP contribution is 2.36. The molecule has 94 valence electrons. The van der Waals surface area contributed by atoms with Crippen LogP contribution < -0.4 is 0 Å². The van der Waals surface area contributed by atoms with Gasteiger partial charge in [-0.25, -0.2) is 0 Å². The van der Waals surface area contributed by atoms with Crippen molar-refractivity contribution in [3.63, 3.8) is 0 Å². The van der Waals surface area contributed by atoms with E-state index in [0.717, 1.165) is 22.3 Å². The fourth-order valence-corrected chi connectivity index (χ4v) is 2.26. The van der Waals surface area contributed by atoms with E-state index in [-0.39, 0.29) is 0 Å². The van der Waals surface area contributed by atoms with Gasteiger partial charge in [0.15, 0.2) is 0 Å². The molecule has 0 unspecified atom stereocenters. The number of rotatable bonds is 2. The average molecular weight is 240 g/mol. The molecule has 0 heterocycles. The van der Waals surface area contributed by atoms with Gasteiger partial charge < -0.3 is 0 Å². The predicted octanol–water partition coefficient (Wildman–Crippen LogP) is 3.91. The third-order valence-corrected chi connectivity index (χ3v) is 3.59. The molecular formula is C16H20N2. The lowest BCUT2D eigenvalue weighted by atomic mass is 9.72. The van der Waals surface area contributed by atoms with Crippen molar-refractivity contribution in [1.82, 2.24) is 0 Å².